The third-order valence-electron chi connectivity index (χ3n) is 2.81. The van der Waals surface area contributed by atoms with E-state index in [1.54, 1.807) is 0 Å². The van der Waals surface area contributed by atoms with Gasteiger partial charge in [0.25, 0.3) is 0 Å². The average molecular weight is 202 g/mol. The minimum absolute atomic E-state index is 0.142. The highest BCUT2D eigenvalue weighted by atomic mass is 16.7. The van der Waals surface area contributed by atoms with Crippen molar-refractivity contribution in [3.05, 3.63) is 0 Å². The third kappa shape index (κ3) is 2.92. The Morgan fingerprint density at radius 2 is 1.86 bits per heavy atom. The summed E-state index contributed by atoms with van der Waals surface area (Å²) in [5.41, 5.74) is 2.82. The lowest BCUT2D eigenvalue weighted by atomic mass is 9.79. The summed E-state index contributed by atoms with van der Waals surface area (Å²) in [5, 5.41) is 0. The second kappa shape index (κ2) is 6.35. The fourth-order valence-electron chi connectivity index (χ4n) is 1.82. The van der Waals surface area contributed by atoms with Crippen molar-refractivity contribution in [1.82, 2.24) is 5.43 Å². The fraction of sp³-hybridized carbons (Fsp3) is 1.00. The molecule has 1 unspecified atom stereocenters. The van der Waals surface area contributed by atoms with Crippen LogP contribution in [0.4, 0.5) is 0 Å². The lowest BCUT2D eigenvalue weighted by Gasteiger charge is -2.37. The van der Waals surface area contributed by atoms with Gasteiger partial charge in [0, 0.05) is 13.2 Å². The molecule has 0 aliphatic heterocycles. The van der Waals surface area contributed by atoms with Gasteiger partial charge in [-0.15, -0.1) is 0 Å². The molecular weight excluding hydrogens is 180 g/mol. The Morgan fingerprint density at radius 1 is 1.29 bits per heavy atom. The van der Waals surface area contributed by atoms with Gasteiger partial charge in [0.1, 0.15) is 0 Å². The monoisotopic (exact) mass is 202 g/mol. The molecule has 0 aromatic rings. The summed E-state index contributed by atoms with van der Waals surface area (Å²) in [7, 11) is 0. The Morgan fingerprint density at radius 3 is 2.14 bits per heavy atom. The Balaban J connectivity index is 2.43. The van der Waals surface area contributed by atoms with Crippen LogP contribution in [0, 0.1) is 5.92 Å². The van der Waals surface area contributed by atoms with Gasteiger partial charge in [-0.3, -0.25) is 11.3 Å². The number of hydrazine groups is 1. The van der Waals surface area contributed by atoms with Crippen LogP contribution in [0.2, 0.25) is 0 Å². The van der Waals surface area contributed by atoms with E-state index in [1.807, 2.05) is 13.8 Å². The second-order valence-corrected chi connectivity index (χ2v) is 3.66. The predicted molar refractivity (Wildman–Crippen MR) is 55.5 cm³/mol. The summed E-state index contributed by atoms with van der Waals surface area (Å²) in [5.74, 6) is 6.15. The van der Waals surface area contributed by atoms with Gasteiger partial charge in [-0.2, -0.15) is 0 Å². The van der Waals surface area contributed by atoms with Crippen molar-refractivity contribution < 1.29 is 9.47 Å². The molecule has 14 heavy (non-hydrogen) atoms. The second-order valence-electron chi connectivity index (χ2n) is 3.66. The molecule has 0 aromatic heterocycles. The van der Waals surface area contributed by atoms with Crippen LogP contribution in [0.5, 0.6) is 0 Å². The van der Waals surface area contributed by atoms with Gasteiger partial charge in [0.2, 0.25) is 0 Å². The Labute approximate surface area is 86.1 Å². The lowest BCUT2D eigenvalue weighted by Crippen LogP contribution is -2.52. The quantitative estimate of drug-likeness (QED) is 0.367. The highest BCUT2D eigenvalue weighted by Gasteiger charge is 2.33. The molecule has 1 aliphatic carbocycles. The van der Waals surface area contributed by atoms with Crippen molar-refractivity contribution in [1.29, 1.82) is 0 Å². The van der Waals surface area contributed by atoms with Crippen molar-refractivity contribution in [2.45, 2.75) is 45.4 Å². The zero-order valence-electron chi connectivity index (χ0n) is 9.16. The molecular formula is C10H22N2O2. The van der Waals surface area contributed by atoms with Gasteiger partial charge in [0.15, 0.2) is 6.29 Å². The van der Waals surface area contributed by atoms with Crippen molar-refractivity contribution in [2.75, 3.05) is 13.2 Å². The zero-order valence-corrected chi connectivity index (χ0v) is 9.16. The molecule has 1 atom stereocenters. The maximum absolute atomic E-state index is 5.53. The number of hydrogen-bond donors (Lipinski definition) is 2. The van der Waals surface area contributed by atoms with Crippen LogP contribution in [-0.2, 0) is 9.47 Å². The van der Waals surface area contributed by atoms with Gasteiger partial charge in [-0.05, 0) is 32.6 Å². The molecule has 1 aliphatic rings. The molecule has 4 nitrogen and oxygen atoms in total. The first kappa shape index (κ1) is 11.9. The van der Waals surface area contributed by atoms with Crippen LogP contribution in [0.25, 0.3) is 0 Å². The van der Waals surface area contributed by atoms with Crippen LogP contribution in [0.1, 0.15) is 33.1 Å². The van der Waals surface area contributed by atoms with Crippen molar-refractivity contribution in [2.24, 2.45) is 11.8 Å². The first-order valence-corrected chi connectivity index (χ1v) is 5.52. The number of ether oxygens (including phenoxy) is 2. The summed E-state index contributed by atoms with van der Waals surface area (Å²) in [6.07, 6.45) is 3.56. The van der Waals surface area contributed by atoms with E-state index in [0.29, 0.717) is 19.1 Å². The van der Waals surface area contributed by atoms with E-state index in [-0.39, 0.29) is 12.3 Å². The fourth-order valence-corrected chi connectivity index (χ4v) is 1.82. The van der Waals surface area contributed by atoms with Crippen LogP contribution < -0.4 is 11.3 Å². The highest BCUT2D eigenvalue weighted by Crippen LogP contribution is 2.31. The molecule has 0 heterocycles. The SMILES string of the molecule is CCOC(OCC)C(NN)C1CCC1. The van der Waals surface area contributed by atoms with E-state index in [9.17, 15) is 0 Å². The standard InChI is InChI=1S/C10H22N2O2/c1-3-13-10(14-4-2)9(12-11)8-6-5-7-8/h8-10,12H,3-7,11H2,1-2H3. The van der Waals surface area contributed by atoms with Gasteiger partial charge in [0.05, 0.1) is 6.04 Å². The molecule has 0 amide bonds. The molecule has 3 N–H and O–H groups in total. The molecule has 0 bridgehead atoms. The molecule has 0 spiro atoms. The van der Waals surface area contributed by atoms with Gasteiger partial charge in [-0.25, -0.2) is 0 Å². The van der Waals surface area contributed by atoms with Gasteiger partial charge >= 0.3 is 0 Å². The van der Waals surface area contributed by atoms with E-state index >= 15 is 0 Å². The molecule has 1 saturated carbocycles. The van der Waals surface area contributed by atoms with Crippen molar-refractivity contribution in [3.8, 4) is 0 Å². The summed E-state index contributed by atoms with van der Waals surface area (Å²) in [6.45, 7) is 5.27. The minimum Gasteiger partial charge on any atom is -0.351 e. The summed E-state index contributed by atoms with van der Waals surface area (Å²) in [4.78, 5) is 0. The van der Waals surface area contributed by atoms with Crippen LogP contribution in [0.3, 0.4) is 0 Å². The molecule has 0 radical (unpaired) electrons. The first-order valence-electron chi connectivity index (χ1n) is 5.52. The third-order valence-corrected chi connectivity index (χ3v) is 2.81. The highest BCUT2D eigenvalue weighted by molar-refractivity contribution is 4.83. The molecule has 0 saturated heterocycles. The molecule has 0 aromatic carbocycles. The molecule has 1 rings (SSSR count). The smallest absolute Gasteiger partial charge is 0.174 e. The number of rotatable bonds is 7. The van der Waals surface area contributed by atoms with Crippen LogP contribution >= 0.6 is 0 Å². The first-order chi connectivity index (χ1) is 6.83. The van der Waals surface area contributed by atoms with E-state index in [0.717, 1.165) is 0 Å². The summed E-state index contributed by atoms with van der Waals surface area (Å²) < 4.78 is 11.1. The number of nitrogens with two attached hydrogens (primary N) is 1. The molecule has 4 heteroatoms. The van der Waals surface area contributed by atoms with Crippen molar-refractivity contribution in [3.63, 3.8) is 0 Å². The Kier molecular flexibility index (Phi) is 5.40. The minimum atomic E-state index is -0.194. The Hall–Kier alpha value is -0.160. The normalized spacial score (nSPS) is 19.7. The zero-order chi connectivity index (χ0) is 10.4. The number of hydrogen-bond acceptors (Lipinski definition) is 4. The van der Waals surface area contributed by atoms with E-state index in [2.05, 4.69) is 5.43 Å². The van der Waals surface area contributed by atoms with Gasteiger partial charge < -0.3 is 9.47 Å². The number of nitrogens with one attached hydrogen (secondary N) is 1. The topological polar surface area (TPSA) is 56.5 Å². The maximum atomic E-state index is 5.53. The van der Waals surface area contributed by atoms with Crippen LogP contribution in [-0.4, -0.2) is 25.5 Å². The van der Waals surface area contributed by atoms with E-state index in [1.165, 1.54) is 19.3 Å². The average Bonchev–Trinajstić information content (AvgIpc) is 2.10. The molecule has 84 valence electrons. The van der Waals surface area contributed by atoms with E-state index in [4.69, 9.17) is 15.3 Å². The maximum Gasteiger partial charge on any atom is 0.174 e. The summed E-state index contributed by atoms with van der Waals surface area (Å²) >= 11 is 0. The lowest BCUT2D eigenvalue weighted by molar-refractivity contribution is -0.167. The van der Waals surface area contributed by atoms with Gasteiger partial charge in [-0.1, -0.05) is 6.42 Å². The van der Waals surface area contributed by atoms with Crippen molar-refractivity contribution >= 4 is 0 Å². The van der Waals surface area contributed by atoms with E-state index < -0.39 is 0 Å². The Bertz CT molecular complexity index is 145. The predicted octanol–water partition coefficient (Wildman–Crippen LogP) is 1.02. The van der Waals surface area contributed by atoms with Crippen LogP contribution in [0.15, 0.2) is 0 Å². The largest absolute Gasteiger partial charge is 0.351 e. The molecule has 1 fully saturated rings. The summed E-state index contributed by atoms with van der Waals surface area (Å²) in [6, 6.07) is 0.142.